The number of aliphatic hydroxyl groups is 1. The van der Waals surface area contributed by atoms with Crippen LogP contribution in [0.5, 0.6) is 0 Å². The molecular weight excluding hydrogens is 320 g/mol. The predicted molar refractivity (Wildman–Crippen MR) is 95.6 cm³/mol. The van der Waals surface area contributed by atoms with E-state index in [9.17, 15) is 14.7 Å². The Morgan fingerprint density at radius 3 is 2.60 bits per heavy atom. The van der Waals surface area contributed by atoms with Crippen LogP contribution in [0.1, 0.15) is 28.9 Å². The van der Waals surface area contributed by atoms with Crippen molar-refractivity contribution in [3.63, 3.8) is 0 Å². The van der Waals surface area contributed by atoms with E-state index < -0.39 is 12.0 Å². The Kier molecular flexibility index (Phi) is 4.26. The monoisotopic (exact) mass is 338 g/mol. The number of carbonyl (C=O) groups excluding carboxylic acids is 2. The average Bonchev–Trinajstić information content (AvgIpc) is 2.99. The van der Waals surface area contributed by atoms with Crippen LogP contribution in [0.15, 0.2) is 42.5 Å². The van der Waals surface area contributed by atoms with Gasteiger partial charge in [-0.15, -0.1) is 0 Å². The van der Waals surface area contributed by atoms with Gasteiger partial charge in [0, 0.05) is 10.9 Å². The smallest absolute Gasteiger partial charge is 0.253 e. The molecule has 0 fully saturated rings. The van der Waals surface area contributed by atoms with Gasteiger partial charge >= 0.3 is 0 Å². The molecule has 25 heavy (non-hydrogen) atoms. The summed E-state index contributed by atoms with van der Waals surface area (Å²) < 4.78 is 0. The van der Waals surface area contributed by atoms with Crippen molar-refractivity contribution in [2.45, 2.75) is 13.0 Å². The Morgan fingerprint density at radius 2 is 1.96 bits per heavy atom. The molecule has 3 aromatic rings. The van der Waals surface area contributed by atoms with E-state index in [0.29, 0.717) is 17.3 Å². The molecule has 0 aliphatic carbocycles. The standard InChI is InChI=1S/C18H18N4O3/c1-10(24)11-3-2-4-12(7-11)13-5-6-14-15(8-13)21-18(22(20)9-23)16(14)17(19)25/h2-10,21,24H,20H2,1H3,(H2,19,25). The highest BCUT2D eigenvalue weighted by atomic mass is 16.3. The van der Waals surface area contributed by atoms with Gasteiger partial charge in [0.1, 0.15) is 5.82 Å². The summed E-state index contributed by atoms with van der Waals surface area (Å²) in [4.78, 5) is 25.7. The minimum Gasteiger partial charge on any atom is -0.389 e. The van der Waals surface area contributed by atoms with E-state index in [-0.39, 0.29) is 11.4 Å². The third-order valence-corrected chi connectivity index (χ3v) is 4.10. The second-order valence-corrected chi connectivity index (χ2v) is 5.79. The molecule has 0 saturated heterocycles. The van der Waals surface area contributed by atoms with Crippen molar-refractivity contribution in [2.24, 2.45) is 11.6 Å². The number of aromatic nitrogens is 1. The third kappa shape index (κ3) is 2.98. The molecule has 0 aliphatic heterocycles. The van der Waals surface area contributed by atoms with E-state index in [1.54, 1.807) is 13.0 Å². The van der Waals surface area contributed by atoms with Crippen LogP contribution >= 0.6 is 0 Å². The fourth-order valence-electron chi connectivity index (χ4n) is 2.84. The third-order valence-electron chi connectivity index (χ3n) is 4.10. The number of aromatic amines is 1. The lowest BCUT2D eigenvalue weighted by Gasteiger charge is -2.08. The van der Waals surface area contributed by atoms with Crippen molar-refractivity contribution < 1.29 is 14.7 Å². The number of hydrogen-bond donors (Lipinski definition) is 4. The maximum absolute atomic E-state index is 11.8. The van der Waals surface area contributed by atoms with Crippen LogP contribution in [0.4, 0.5) is 5.82 Å². The van der Waals surface area contributed by atoms with E-state index in [4.69, 9.17) is 11.6 Å². The van der Waals surface area contributed by atoms with E-state index >= 15 is 0 Å². The topological polar surface area (TPSA) is 125 Å². The molecule has 0 bridgehead atoms. The Hall–Kier alpha value is -3.16. The molecule has 1 unspecified atom stereocenters. The number of H-pyrrole nitrogens is 1. The normalized spacial score (nSPS) is 12.1. The van der Waals surface area contributed by atoms with E-state index in [1.807, 2.05) is 36.4 Å². The maximum atomic E-state index is 11.8. The summed E-state index contributed by atoms with van der Waals surface area (Å²) in [6.45, 7) is 1.70. The summed E-state index contributed by atoms with van der Waals surface area (Å²) in [7, 11) is 0. The molecule has 1 heterocycles. The van der Waals surface area contributed by atoms with Gasteiger partial charge in [0.25, 0.3) is 5.91 Å². The Morgan fingerprint density at radius 1 is 1.24 bits per heavy atom. The zero-order valence-corrected chi connectivity index (χ0v) is 13.6. The molecule has 1 atom stereocenters. The number of nitrogens with one attached hydrogen (secondary N) is 1. The Balaban J connectivity index is 2.16. The molecule has 0 spiro atoms. The van der Waals surface area contributed by atoms with Crippen LogP contribution in [0, 0.1) is 0 Å². The second-order valence-electron chi connectivity index (χ2n) is 5.79. The Bertz CT molecular complexity index is 962. The predicted octanol–water partition coefficient (Wildman–Crippen LogP) is 1.82. The molecule has 0 aliphatic rings. The summed E-state index contributed by atoms with van der Waals surface area (Å²) in [5.41, 5.74) is 8.82. The number of rotatable bonds is 5. The van der Waals surface area contributed by atoms with Crippen molar-refractivity contribution in [1.29, 1.82) is 0 Å². The SMILES string of the molecule is CC(O)c1cccc(-c2ccc3c(C(N)=O)c(N(N)C=O)[nH]c3c2)c1. The lowest BCUT2D eigenvalue weighted by molar-refractivity contribution is -0.107. The lowest BCUT2D eigenvalue weighted by Crippen LogP contribution is -2.31. The lowest BCUT2D eigenvalue weighted by atomic mass is 9.99. The van der Waals surface area contributed by atoms with Gasteiger partial charge in [0.2, 0.25) is 6.41 Å². The molecule has 6 N–H and O–H groups in total. The van der Waals surface area contributed by atoms with Crippen LogP contribution < -0.4 is 16.6 Å². The zero-order chi connectivity index (χ0) is 18.1. The van der Waals surface area contributed by atoms with Gasteiger partial charge in [-0.25, -0.2) is 10.9 Å². The first kappa shape index (κ1) is 16.7. The van der Waals surface area contributed by atoms with E-state index in [0.717, 1.165) is 21.7 Å². The molecule has 7 nitrogen and oxygen atoms in total. The number of nitrogens with zero attached hydrogens (tertiary/aromatic N) is 1. The van der Waals surface area contributed by atoms with Gasteiger partial charge in [0.15, 0.2) is 0 Å². The van der Waals surface area contributed by atoms with Crippen LogP contribution in [-0.4, -0.2) is 22.4 Å². The van der Waals surface area contributed by atoms with Gasteiger partial charge < -0.3 is 15.8 Å². The number of hydrazine groups is 1. The number of anilines is 1. The van der Waals surface area contributed by atoms with Gasteiger partial charge in [-0.3, -0.25) is 9.59 Å². The maximum Gasteiger partial charge on any atom is 0.253 e. The highest BCUT2D eigenvalue weighted by Crippen LogP contribution is 2.31. The van der Waals surface area contributed by atoms with Gasteiger partial charge in [-0.2, -0.15) is 0 Å². The van der Waals surface area contributed by atoms with E-state index in [1.165, 1.54) is 0 Å². The molecule has 0 radical (unpaired) electrons. The number of fused-ring (bicyclic) bond motifs is 1. The summed E-state index contributed by atoms with van der Waals surface area (Å²) in [6.07, 6.45) is -0.176. The van der Waals surface area contributed by atoms with Crippen LogP contribution in [0.3, 0.4) is 0 Å². The fourth-order valence-corrected chi connectivity index (χ4v) is 2.84. The number of carbonyl (C=O) groups is 2. The first-order valence-electron chi connectivity index (χ1n) is 7.65. The number of benzene rings is 2. The first-order valence-corrected chi connectivity index (χ1v) is 7.65. The number of aliphatic hydroxyl groups excluding tert-OH is 1. The summed E-state index contributed by atoms with van der Waals surface area (Å²) in [6, 6.07) is 13.0. The van der Waals surface area contributed by atoms with Gasteiger partial charge in [0.05, 0.1) is 11.7 Å². The van der Waals surface area contributed by atoms with Crippen molar-refractivity contribution in [2.75, 3.05) is 5.01 Å². The summed E-state index contributed by atoms with van der Waals surface area (Å²) in [5.74, 6) is 5.06. The molecule has 128 valence electrons. The zero-order valence-electron chi connectivity index (χ0n) is 13.6. The molecule has 1 aromatic heterocycles. The van der Waals surface area contributed by atoms with Crippen molar-refractivity contribution in [1.82, 2.24) is 4.98 Å². The van der Waals surface area contributed by atoms with Gasteiger partial charge in [-0.05, 0) is 35.7 Å². The van der Waals surface area contributed by atoms with Crippen LogP contribution in [0.25, 0.3) is 22.0 Å². The van der Waals surface area contributed by atoms with Gasteiger partial charge in [-0.1, -0.05) is 30.3 Å². The number of primary amides is 1. The minimum atomic E-state index is -0.678. The van der Waals surface area contributed by atoms with Crippen molar-refractivity contribution in [3.8, 4) is 11.1 Å². The minimum absolute atomic E-state index is 0.146. The molecule has 2 aromatic carbocycles. The van der Waals surface area contributed by atoms with Crippen molar-refractivity contribution in [3.05, 3.63) is 53.6 Å². The first-order chi connectivity index (χ1) is 11.9. The average molecular weight is 338 g/mol. The molecule has 7 heteroatoms. The number of nitrogens with two attached hydrogens (primary N) is 2. The van der Waals surface area contributed by atoms with Crippen LogP contribution in [0.2, 0.25) is 0 Å². The molecular formula is C18H18N4O3. The highest BCUT2D eigenvalue weighted by molar-refractivity contribution is 6.12. The largest absolute Gasteiger partial charge is 0.389 e. The molecule has 0 saturated carbocycles. The summed E-state index contributed by atoms with van der Waals surface area (Å²) in [5, 5.41) is 11.1. The fraction of sp³-hybridized carbons (Fsp3) is 0.111. The van der Waals surface area contributed by atoms with Crippen LogP contribution in [-0.2, 0) is 4.79 Å². The Labute approximate surface area is 143 Å². The highest BCUT2D eigenvalue weighted by Gasteiger charge is 2.19. The van der Waals surface area contributed by atoms with E-state index in [2.05, 4.69) is 4.98 Å². The summed E-state index contributed by atoms with van der Waals surface area (Å²) >= 11 is 0. The van der Waals surface area contributed by atoms with Crippen molar-refractivity contribution >= 4 is 29.0 Å². The molecule has 3 rings (SSSR count). The molecule has 2 amide bonds. The quantitative estimate of drug-likeness (QED) is 0.245. The second kappa shape index (κ2) is 6.39. The number of hydrogen-bond acceptors (Lipinski definition) is 4. The number of amides is 2.